The third kappa shape index (κ3) is 3.37. The smallest absolute Gasteiger partial charge is 0.240 e. The van der Waals surface area contributed by atoms with Gasteiger partial charge in [0.1, 0.15) is 0 Å². The van der Waals surface area contributed by atoms with Crippen LogP contribution in [0.5, 0.6) is 0 Å². The van der Waals surface area contributed by atoms with Crippen molar-refractivity contribution in [3.63, 3.8) is 0 Å². The minimum absolute atomic E-state index is 0.00511. The Morgan fingerprint density at radius 1 is 1.53 bits per heavy atom. The molecule has 2 rings (SSSR count). The molecule has 0 aliphatic carbocycles. The molecule has 2 N–H and O–H groups in total. The van der Waals surface area contributed by atoms with Gasteiger partial charge in [-0.15, -0.1) is 11.3 Å². The standard InChI is InChI=1S/C15H24N2OS/c1-14(2,12-7-6-10-19-12)11-16-13(18)15(3)8-4-5-9-17-15/h6-7,10,17H,4-5,8-9,11H2,1-3H3,(H,16,18). The summed E-state index contributed by atoms with van der Waals surface area (Å²) in [6, 6.07) is 4.20. The van der Waals surface area contributed by atoms with Crippen LogP contribution in [0.3, 0.4) is 0 Å². The number of hydrogen-bond acceptors (Lipinski definition) is 3. The first kappa shape index (κ1) is 14.5. The molecule has 4 heteroatoms. The number of rotatable bonds is 4. The molecule has 1 saturated heterocycles. The summed E-state index contributed by atoms with van der Waals surface area (Å²) in [5.74, 6) is 0.136. The maximum atomic E-state index is 12.4. The van der Waals surface area contributed by atoms with E-state index in [4.69, 9.17) is 0 Å². The highest BCUT2D eigenvalue weighted by Crippen LogP contribution is 2.27. The van der Waals surface area contributed by atoms with Crippen molar-refractivity contribution in [1.82, 2.24) is 10.6 Å². The lowest BCUT2D eigenvalue weighted by molar-refractivity contribution is -0.128. The normalized spacial score (nSPS) is 24.2. The lowest BCUT2D eigenvalue weighted by atomic mass is 9.88. The number of nitrogens with one attached hydrogen (secondary N) is 2. The topological polar surface area (TPSA) is 41.1 Å². The third-order valence-electron chi connectivity index (χ3n) is 4.00. The van der Waals surface area contributed by atoms with Crippen LogP contribution < -0.4 is 10.6 Å². The van der Waals surface area contributed by atoms with Crippen LogP contribution in [0, 0.1) is 0 Å². The predicted octanol–water partition coefficient (Wildman–Crippen LogP) is 2.67. The Hall–Kier alpha value is -0.870. The van der Waals surface area contributed by atoms with E-state index in [-0.39, 0.29) is 16.9 Å². The SMILES string of the molecule is CC1(C(=O)NCC(C)(C)c2cccs2)CCCCN1. The summed E-state index contributed by atoms with van der Waals surface area (Å²) in [7, 11) is 0. The first-order chi connectivity index (χ1) is 8.94. The second-order valence-corrected chi connectivity index (χ2v) is 7.21. The van der Waals surface area contributed by atoms with E-state index in [1.54, 1.807) is 11.3 Å². The summed E-state index contributed by atoms with van der Waals surface area (Å²) in [6.45, 7) is 7.99. The van der Waals surface area contributed by atoms with Crippen LogP contribution in [0.15, 0.2) is 17.5 Å². The van der Waals surface area contributed by atoms with Gasteiger partial charge in [0.25, 0.3) is 0 Å². The van der Waals surface area contributed by atoms with Crippen LogP contribution in [0.1, 0.15) is 44.9 Å². The summed E-state index contributed by atoms with van der Waals surface area (Å²) in [5, 5.41) is 8.57. The van der Waals surface area contributed by atoms with E-state index in [2.05, 4.69) is 42.0 Å². The molecule has 106 valence electrons. The van der Waals surface area contributed by atoms with Gasteiger partial charge in [-0.1, -0.05) is 19.9 Å². The molecule has 1 aliphatic rings. The predicted molar refractivity (Wildman–Crippen MR) is 80.6 cm³/mol. The molecule has 2 heterocycles. The first-order valence-electron chi connectivity index (χ1n) is 7.01. The average Bonchev–Trinajstić information content (AvgIpc) is 2.91. The Kier molecular flexibility index (Phi) is 4.31. The minimum atomic E-state index is -0.385. The largest absolute Gasteiger partial charge is 0.354 e. The Bertz CT molecular complexity index is 419. The monoisotopic (exact) mass is 280 g/mol. The Balaban J connectivity index is 1.93. The molecule has 3 nitrogen and oxygen atoms in total. The quantitative estimate of drug-likeness (QED) is 0.890. The van der Waals surface area contributed by atoms with E-state index < -0.39 is 0 Å². The van der Waals surface area contributed by atoms with Gasteiger partial charge in [0.15, 0.2) is 0 Å². The zero-order valence-corrected chi connectivity index (χ0v) is 12.9. The molecule has 0 saturated carbocycles. The Labute approximate surface area is 119 Å². The summed E-state index contributed by atoms with van der Waals surface area (Å²) in [4.78, 5) is 13.7. The zero-order chi connectivity index (χ0) is 13.9. The zero-order valence-electron chi connectivity index (χ0n) is 12.1. The lowest BCUT2D eigenvalue weighted by Crippen LogP contribution is -2.58. The average molecular weight is 280 g/mol. The van der Waals surface area contributed by atoms with Crippen molar-refractivity contribution >= 4 is 17.2 Å². The number of hydrogen-bond donors (Lipinski definition) is 2. The minimum Gasteiger partial charge on any atom is -0.354 e. The van der Waals surface area contributed by atoms with E-state index in [1.807, 2.05) is 6.92 Å². The third-order valence-corrected chi connectivity index (χ3v) is 5.23. The Morgan fingerprint density at radius 3 is 2.89 bits per heavy atom. The first-order valence-corrected chi connectivity index (χ1v) is 7.89. The number of carbonyl (C=O) groups excluding carboxylic acids is 1. The van der Waals surface area contributed by atoms with Gasteiger partial charge in [0.05, 0.1) is 5.54 Å². The van der Waals surface area contributed by atoms with Crippen molar-refractivity contribution < 1.29 is 4.79 Å². The summed E-state index contributed by atoms with van der Waals surface area (Å²) >= 11 is 1.75. The summed E-state index contributed by atoms with van der Waals surface area (Å²) < 4.78 is 0. The van der Waals surface area contributed by atoms with Crippen molar-refractivity contribution in [2.24, 2.45) is 0 Å². The number of carbonyl (C=O) groups is 1. The van der Waals surface area contributed by atoms with Gasteiger partial charge in [0.2, 0.25) is 5.91 Å². The second kappa shape index (κ2) is 5.63. The number of amides is 1. The summed E-state index contributed by atoms with van der Waals surface area (Å²) in [6.07, 6.45) is 3.23. The van der Waals surface area contributed by atoms with Crippen LogP contribution in [-0.4, -0.2) is 24.5 Å². The molecule has 1 atom stereocenters. The van der Waals surface area contributed by atoms with Crippen LogP contribution >= 0.6 is 11.3 Å². The van der Waals surface area contributed by atoms with E-state index >= 15 is 0 Å². The maximum Gasteiger partial charge on any atom is 0.240 e. The fraction of sp³-hybridized carbons (Fsp3) is 0.667. The van der Waals surface area contributed by atoms with Crippen molar-refractivity contribution in [1.29, 1.82) is 0 Å². The summed E-state index contributed by atoms with van der Waals surface area (Å²) in [5.41, 5.74) is -0.390. The Morgan fingerprint density at radius 2 is 2.32 bits per heavy atom. The highest BCUT2D eigenvalue weighted by Gasteiger charge is 2.35. The molecule has 1 aromatic rings. The molecule has 0 radical (unpaired) electrons. The molecule has 1 fully saturated rings. The van der Waals surface area contributed by atoms with Crippen LogP contribution in [0.4, 0.5) is 0 Å². The molecule has 1 aromatic heterocycles. The van der Waals surface area contributed by atoms with E-state index in [0.717, 1.165) is 19.4 Å². The maximum absolute atomic E-state index is 12.4. The van der Waals surface area contributed by atoms with Crippen LogP contribution in [0.25, 0.3) is 0 Å². The van der Waals surface area contributed by atoms with Gasteiger partial charge in [-0.2, -0.15) is 0 Å². The molecular formula is C15H24N2OS. The molecule has 1 amide bonds. The molecule has 19 heavy (non-hydrogen) atoms. The fourth-order valence-electron chi connectivity index (χ4n) is 2.50. The van der Waals surface area contributed by atoms with Crippen molar-refractivity contribution in [3.05, 3.63) is 22.4 Å². The van der Waals surface area contributed by atoms with Crippen molar-refractivity contribution in [3.8, 4) is 0 Å². The lowest BCUT2D eigenvalue weighted by Gasteiger charge is -2.35. The van der Waals surface area contributed by atoms with Crippen molar-refractivity contribution in [2.45, 2.75) is 51.0 Å². The molecule has 0 bridgehead atoms. The fourth-order valence-corrected chi connectivity index (χ4v) is 3.35. The molecule has 0 spiro atoms. The van der Waals surface area contributed by atoms with E-state index in [9.17, 15) is 4.79 Å². The van der Waals surface area contributed by atoms with Gasteiger partial charge in [-0.05, 0) is 44.2 Å². The molecular weight excluding hydrogens is 256 g/mol. The molecule has 1 unspecified atom stereocenters. The highest BCUT2D eigenvalue weighted by molar-refractivity contribution is 7.10. The highest BCUT2D eigenvalue weighted by atomic mass is 32.1. The number of thiophene rings is 1. The van der Waals surface area contributed by atoms with E-state index in [1.165, 1.54) is 11.3 Å². The number of piperidine rings is 1. The van der Waals surface area contributed by atoms with E-state index in [0.29, 0.717) is 6.54 Å². The van der Waals surface area contributed by atoms with Crippen molar-refractivity contribution in [2.75, 3.05) is 13.1 Å². The molecule has 1 aliphatic heterocycles. The van der Waals surface area contributed by atoms with Crippen LogP contribution in [0.2, 0.25) is 0 Å². The van der Waals surface area contributed by atoms with Crippen LogP contribution in [-0.2, 0) is 10.2 Å². The molecule has 0 aromatic carbocycles. The van der Waals surface area contributed by atoms with Gasteiger partial charge in [0, 0.05) is 16.8 Å². The van der Waals surface area contributed by atoms with Gasteiger partial charge < -0.3 is 10.6 Å². The van der Waals surface area contributed by atoms with Gasteiger partial charge in [-0.25, -0.2) is 0 Å². The second-order valence-electron chi connectivity index (χ2n) is 6.26. The van der Waals surface area contributed by atoms with Gasteiger partial charge >= 0.3 is 0 Å². The van der Waals surface area contributed by atoms with Gasteiger partial charge in [-0.3, -0.25) is 4.79 Å².